The fourth-order valence-corrected chi connectivity index (χ4v) is 2.81. The Labute approximate surface area is 176 Å². The Morgan fingerprint density at radius 1 is 1.10 bits per heavy atom. The second-order valence-electron chi connectivity index (χ2n) is 6.68. The molecule has 0 aliphatic carbocycles. The molecule has 0 heterocycles. The molecular formula is C22H29N3O5. The van der Waals surface area contributed by atoms with Gasteiger partial charge in [-0.1, -0.05) is 19.1 Å². The summed E-state index contributed by atoms with van der Waals surface area (Å²) < 4.78 is 10.8. The molecule has 30 heavy (non-hydrogen) atoms. The lowest BCUT2D eigenvalue weighted by molar-refractivity contribution is -0.115. The quantitative estimate of drug-likeness (QED) is 0.500. The lowest BCUT2D eigenvalue weighted by Gasteiger charge is -2.18. The molecule has 3 amide bonds. The van der Waals surface area contributed by atoms with Crippen molar-refractivity contribution in [2.24, 2.45) is 0 Å². The summed E-state index contributed by atoms with van der Waals surface area (Å²) in [5, 5.41) is 17.4. The van der Waals surface area contributed by atoms with E-state index in [1.165, 1.54) is 7.11 Å². The number of hydrogen-bond donors (Lipinski definition) is 4. The summed E-state index contributed by atoms with van der Waals surface area (Å²) in [4.78, 5) is 24.2. The van der Waals surface area contributed by atoms with Gasteiger partial charge in [-0.3, -0.25) is 4.79 Å². The standard InChI is InChI=1S/C22H29N3O5/c1-5-21(27)24-17-7-6-8-18(14(17)2)25-22(28)23-15(3)16-9-10-19(30-12-11-26)20(13-16)29-4/h6-10,13,15,26H,5,11-12H2,1-4H3,(H,24,27)(H2,23,25,28)/t15-/m0/s1. The molecule has 8 heteroatoms. The number of anilines is 2. The van der Waals surface area contributed by atoms with E-state index in [2.05, 4.69) is 16.0 Å². The van der Waals surface area contributed by atoms with E-state index in [-0.39, 0.29) is 31.2 Å². The predicted molar refractivity (Wildman–Crippen MR) is 116 cm³/mol. The number of nitrogens with one attached hydrogen (secondary N) is 3. The Bertz CT molecular complexity index is 885. The van der Waals surface area contributed by atoms with E-state index in [4.69, 9.17) is 14.6 Å². The highest BCUT2D eigenvalue weighted by Crippen LogP contribution is 2.30. The SMILES string of the molecule is CCC(=O)Nc1cccc(NC(=O)N[C@@H](C)c2ccc(OCCO)c(OC)c2)c1C. The molecule has 0 saturated heterocycles. The van der Waals surface area contributed by atoms with E-state index in [0.29, 0.717) is 29.3 Å². The van der Waals surface area contributed by atoms with Gasteiger partial charge in [-0.25, -0.2) is 4.79 Å². The van der Waals surface area contributed by atoms with Crippen LogP contribution in [0.4, 0.5) is 16.2 Å². The van der Waals surface area contributed by atoms with Crippen LogP contribution in [0, 0.1) is 6.92 Å². The maximum absolute atomic E-state index is 12.5. The van der Waals surface area contributed by atoms with Gasteiger partial charge in [0.05, 0.1) is 19.8 Å². The average Bonchev–Trinajstić information content (AvgIpc) is 2.74. The van der Waals surface area contributed by atoms with E-state index in [1.54, 1.807) is 37.3 Å². The number of urea groups is 1. The van der Waals surface area contributed by atoms with Crippen molar-refractivity contribution >= 4 is 23.3 Å². The molecule has 0 saturated carbocycles. The molecule has 1 atom stereocenters. The highest BCUT2D eigenvalue weighted by Gasteiger charge is 2.14. The topological polar surface area (TPSA) is 109 Å². The molecule has 0 radical (unpaired) electrons. The normalized spacial score (nSPS) is 11.4. The molecule has 0 aliphatic heterocycles. The van der Waals surface area contributed by atoms with Gasteiger partial charge in [0.15, 0.2) is 11.5 Å². The summed E-state index contributed by atoms with van der Waals surface area (Å²) in [6.07, 6.45) is 0.377. The van der Waals surface area contributed by atoms with Gasteiger partial charge in [0.2, 0.25) is 5.91 Å². The van der Waals surface area contributed by atoms with E-state index in [0.717, 1.165) is 11.1 Å². The lowest BCUT2D eigenvalue weighted by atomic mass is 10.1. The summed E-state index contributed by atoms with van der Waals surface area (Å²) >= 11 is 0. The number of hydrogen-bond acceptors (Lipinski definition) is 5. The lowest BCUT2D eigenvalue weighted by Crippen LogP contribution is -2.31. The zero-order chi connectivity index (χ0) is 22.1. The first-order valence-electron chi connectivity index (χ1n) is 9.78. The zero-order valence-corrected chi connectivity index (χ0v) is 17.7. The minimum absolute atomic E-state index is 0.0892. The Morgan fingerprint density at radius 3 is 2.43 bits per heavy atom. The molecule has 0 spiro atoms. The maximum atomic E-state index is 12.5. The first-order valence-corrected chi connectivity index (χ1v) is 9.78. The number of carbonyl (C=O) groups excluding carboxylic acids is 2. The first kappa shape index (κ1) is 23.0. The summed E-state index contributed by atoms with van der Waals surface area (Å²) in [6, 6.07) is 10.0. The fourth-order valence-electron chi connectivity index (χ4n) is 2.81. The van der Waals surface area contributed by atoms with E-state index < -0.39 is 0 Å². The molecule has 2 aromatic carbocycles. The Morgan fingerprint density at radius 2 is 1.80 bits per heavy atom. The van der Waals surface area contributed by atoms with Crippen LogP contribution >= 0.6 is 0 Å². The van der Waals surface area contributed by atoms with Crippen molar-refractivity contribution in [3.05, 3.63) is 47.5 Å². The van der Waals surface area contributed by atoms with Crippen molar-refractivity contribution in [1.82, 2.24) is 5.32 Å². The van der Waals surface area contributed by atoms with Crippen LogP contribution in [0.3, 0.4) is 0 Å². The van der Waals surface area contributed by atoms with Gasteiger partial charge >= 0.3 is 6.03 Å². The minimum Gasteiger partial charge on any atom is -0.493 e. The Hall–Kier alpha value is -3.26. The van der Waals surface area contributed by atoms with Crippen molar-refractivity contribution < 1.29 is 24.2 Å². The molecular weight excluding hydrogens is 386 g/mol. The summed E-state index contributed by atoms with van der Waals surface area (Å²) in [7, 11) is 1.53. The van der Waals surface area contributed by atoms with Crippen LogP contribution < -0.4 is 25.4 Å². The zero-order valence-electron chi connectivity index (χ0n) is 17.7. The predicted octanol–water partition coefficient (Wildman–Crippen LogP) is 3.61. The van der Waals surface area contributed by atoms with Crippen LogP contribution in [0.1, 0.15) is 37.4 Å². The van der Waals surface area contributed by atoms with Gasteiger partial charge in [-0.2, -0.15) is 0 Å². The molecule has 8 nitrogen and oxygen atoms in total. The highest BCUT2D eigenvalue weighted by molar-refractivity contribution is 5.95. The van der Waals surface area contributed by atoms with Gasteiger partial charge in [-0.15, -0.1) is 0 Å². The highest BCUT2D eigenvalue weighted by atomic mass is 16.5. The third-order valence-electron chi connectivity index (χ3n) is 4.56. The number of carbonyl (C=O) groups is 2. The van der Waals surface area contributed by atoms with Crippen molar-refractivity contribution in [1.29, 1.82) is 0 Å². The van der Waals surface area contributed by atoms with E-state index >= 15 is 0 Å². The molecule has 2 rings (SSSR count). The number of ether oxygens (including phenoxy) is 2. The molecule has 0 aromatic heterocycles. The van der Waals surface area contributed by atoms with Crippen molar-refractivity contribution in [2.75, 3.05) is 31.0 Å². The number of amides is 3. The van der Waals surface area contributed by atoms with Crippen LogP contribution in [0.25, 0.3) is 0 Å². The van der Waals surface area contributed by atoms with Crippen LogP contribution in [0.5, 0.6) is 11.5 Å². The van der Waals surface area contributed by atoms with Gasteiger partial charge in [-0.05, 0) is 49.2 Å². The summed E-state index contributed by atoms with van der Waals surface area (Å²) in [6.45, 7) is 5.55. The van der Waals surface area contributed by atoms with Crippen LogP contribution in [0.15, 0.2) is 36.4 Å². The smallest absolute Gasteiger partial charge is 0.319 e. The fraction of sp³-hybridized carbons (Fsp3) is 0.364. The largest absolute Gasteiger partial charge is 0.493 e. The third kappa shape index (κ3) is 6.12. The number of aliphatic hydroxyl groups is 1. The second kappa shape index (κ2) is 11.1. The molecule has 0 aliphatic rings. The van der Waals surface area contributed by atoms with Crippen molar-refractivity contribution in [2.45, 2.75) is 33.2 Å². The Kier molecular flexibility index (Phi) is 8.49. The maximum Gasteiger partial charge on any atom is 0.319 e. The van der Waals surface area contributed by atoms with E-state index in [1.807, 2.05) is 19.9 Å². The second-order valence-corrected chi connectivity index (χ2v) is 6.68. The average molecular weight is 415 g/mol. The minimum atomic E-state index is -0.371. The van der Waals surface area contributed by atoms with Crippen LogP contribution in [0.2, 0.25) is 0 Å². The molecule has 2 aromatic rings. The number of aliphatic hydroxyl groups excluding tert-OH is 1. The molecule has 0 fully saturated rings. The Balaban J connectivity index is 2.06. The summed E-state index contributed by atoms with van der Waals surface area (Å²) in [5.74, 6) is 0.951. The van der Waals surface area contributed by atoms with Gasteiger partial charge in [0.25, 0.3) is 0 Å². The van der Waals surface area contributed by atoms with Crippen LogP contribution in [-0.4, -0.2) is 37.4 Å². The molecule has 0 unspecified atom stereocenters. The molecule has 162 valence electrons. The molecule has 0 bridgehead atoms. The first-order chi connectivity index (χ1) is 14.4. The van der Waals surface area contributed by atoms with Gasteiger partial charge in [0.1, 0.15) is 6.61 Å². The van der Waals surface area contributed by atoms with Crippen LogP contribution in [-0.2, 0) is 4.79 Å². The number of rotatable bonds is 9. The third-order valence-corrected chi connectivity index (χ3v) is 4.56. The van der Waals surface area contributed by atoms with Gasteiger partial charge < -0.3 is 30.5 Å². The summed E-state index contributed by atoms with van der Waals surface area (Å²) in [5.41, 5.74) is 2.88. The monoisotopic (exact) mass is 415 g/mol. The van der Waals surface area contributed by atoms with Gasteiger partial charge in [0, 0.05) is 17.8 Å². The number of benzene rings is 2. The van der Waals surface area contributed by atoms with Crippen molar-refractivity contribution in [3.8, 4) is 11.5 Å². The number of methoxy groups -OCH3 is 1. The van der Waals surface area contributed by atoms with Crippen molar-refractivity contribution in [3.63, 3.8) is 0 Å². The molecule has 4 N–H and O–H groups in total. The van der Waals surface area contributed by atoms with E-state index in [9.17, 15) is 9.59 Å².